The second-order valence-electron chi connectivity index (χ2n) is 5.43. The molecule has 4 N–H and O–H groups in total. The zero-order valence-corrected chi connectivity index (χ0v) is 12.9. The lowest BCUT2D eigenvalue weighted by molar-refractivity contribution is 0.0648. The largest absolute Gasteiger partial charge is 0.478 e. The van der Waals surface area contributed by atoms with Gasteiger partial charge in [0, 0.05) is 5.39 Å². The van der Waals surface area contributed by atoms with E-state index in [-0.39, 0.29) is 10.8 Å². The third-order valence-corrected chi connectivity index (χ3v) is 4.06. The molecule has 0 aliphatic rings. The fourth-order valence-electron chi connectivity index (χ4n) is 3.12. The van der Waals surface area contributed by atoms with Gasteiger partial charge >= 0.3 is 23.9 Å². The molecule has 0 spiro atoms. The molecule has 0 unspecified atom stereocenters. The van der Waals surface area contributed by atoms with E-state index in [1.54, 1.807) is 6.07 Å². The minimum Gasteiger partial charge on any atom is -0.478 e. The Morgan fingerprint density at radius 1 is 0.538 bits per heavy atom. The van der Waals surface area contributed by atoms with E-state index < -0.39 is 51.5 Å². The quantitative estimate of drug-likeness (QED) is 0.522. The van der Waals surface area contributed by atoms with Gasteiger partial charge in [0.1, 0.15) is 0 Å². The number of carboxylic acids is 4. The number of benzene rings is 3. The van der Waals surface area contributed by atoms with Crippen LogP contribution in [0.4, 0.5) is 0 Å². The lowest BCUT2D eigenvalue weighted by atomic mass is 9.87. The number of carbonyl (C=O) groups is 4. The molecule has 0 atom stereocenters. The highest BCUT2D eigenvalue weighted by atomic mass is 16.4. The average Bonchev–Trinajstić information content (AvgIpc) is 2.58. The molecule has 0 aromatic heterocycles. The maximum Gasteiger partial charge on any atom is 0.337 e. The van der Waals surface area contributed by atoms with Crippen molar-refractivity contribution in [2.45, 2.75) is 0 Å². The first kappa shape index (κ1) is 16.9. The van der Waals surface area contributed by atoms with Crippen molar-refractivity contribution in [3.8, 4) is 0 Å². The Hall–Kier alpha value is -3.94. The van der Waals surface area contributed by atoms with Gasteiger partial charge in [0.05, 0.1) is 22.3 Å². The van der Waals surface area contributed by atoms with E-state index in [1.165, 1.54) is 24.3 Å². The summed E-state index contributed by atoms with van der Waals surface area (Å²) in [4.78, 5) is 46.7. The highest BCUT2D eigenvalue weighted by Gasteiger charge is 2.29. The van der Waals surface area contributed by atoms with Crippen molar-refractivity contribution >= 4 is 45.4 Å². The van der Waals surface area contributed by atoms with Crippen LogP contribution in [0.15, 0.2) is 36.4 Å². The average molecular weight is 354 g/mol. The van der Waals surface area contributed by atoms with Gasteiger partial charge in [-0.3, -0.25) is 0 Å². The summed E-state index contributed by atoms with van der Waals surface area (Å²) in [6, 6.07) is 8.38. The van der Waals surface area contributed by atoms with E-state index in [0.717, 1.165) is 6.07 Å². The van der Waals surface area contributed by atoms with Gasteiger partial charge in [0.25, 0.3) is 0 Å². The van der Waals surface area contributed by atoms with Gasteiger partial charge in [-0.1, -0.05) is 30.3 Å². The number of aromatic carboxylic acids is 4. The minimum atomic E-state index is -1.66. The normalized spacial score (nSPS) is 10.8. The van der Waals surface area contributed by atoms with Crippen LogP contribution in [0.3, 0.4) is 0 Å². The molecule has 0 saturated heterocycles. The smallest absolute Gasteiger partial charge is 0.337 e. The lowest BCUT2D eigenvalue weighted by Gasteiger charge is -2.15. The van der Waals surface area contributed by atoms with Crippen LogP contribution >= 0.6 is 0 Å². The van der Waals surface area contributed by atoms with E-state index in [9.17, 15) is 39.6 Å². The zero-order chi connectivity index (χ0) is 19.2. The van der Waals surface area contributed by atoms with Gasteiger partial charge in [-0.25, -0.2) is 19.2 Å². The minimum absolute atomic E-state index is 0.115. The highest BCUT2D eigenvalue weighted by molar-refractivity contribution is 6.28. The monoisotopic (exact) mass is 354 g/mol. The molecule has 130 valence electrons. The first-order chi connectivity index (χ1) is 12.3. The van der Waals surface area contributed by atoms with Gasteiger partial charge < -0.3 is 20.4 Å². The van der Waals surface area contributed by atoms with Gasteiger partial charge in [-0.05, 0) is 22.2 Å². The molecule has 8 nitrogen and oxygen atoms in total. The van der Waals surface area contributed by atoms with Crippen molar-refractivity contribution in [3.63, 3.8) is 0 Å². The Morgan fingerprint density at radius 2 is 1.08 bits per heavy atom. The SMILES string of the molecule is O=C(O)c1ccc2c(c1C(=O)O)c(C(=O)O)c(C(=O)O)c1ccccc12. The summed E-state index contributed by atoms with van der Waals surface area (Å²) < 4.78 is 0. The predicted octanol–water partition coefficient (Wildman–Crippen LogP) is 2.79. The Bertz CT molecular complexity index is 1140. The van der Waals surface area contributed by atoms with Crippen LogP contribution in [0.5, 0.6) is 0 Å². The third kappa shape index (κ3) is 2.32. The molecule has 0 fully saturated rings. The molecule has 0 aliphatic heterocycles. The Labute approximate surface area is 144 Å². The summed E-state index contributed by atoms with van der Waals surface area (Å²) in [6.07, 6.45) is 0. The molecular formula is C18H10O8. The van der Waals surface area contributed by atoms with Crippen LogP contribution in [0.25, 0.3) is 21.5 Å². The van der Waals surface area contributed by atoms with Crippen molar-refractivity contribution in [2.75, 3.05) is 0 Å². The van der Waals surface area contributed by atoms with E-state index in [4.69, 9.17) is 0 Å². The van der Waals surface area contributed by atoms with Gasteiger partial charge in [-0.2, -0.15) is 0 Å². The number of hydrogen-bond donors (Lipinski definition) is 4. The predicted molar refractivity (Wildman–Crippen MR) is 89.3 cm³/mol. The first-order valence-electron chi connectivity index (χ1n) is 7.20. The molecule has 8 heteroatoms. The Kier molecular flexibility index (Phi) is 3.80. The van der Waals surface area contributed by atoms with Gasteiger partial charge in [0.15, 0.2) is 0 Å². The molecule has 0 radical (unpaired) electrons. The van der Waals surface area contributed by atoms with Crippen LogP contribution < -0.4 is 0 Å². The second-order valence-corrected chi connectivity index (χ2v) is 5.43. The van der Waals surface area contributed by atoms with Crippen LogP contribution in [0.2, 0.25) is 0 Å². The fraction of sp³-hybridized carbons (Fsp3) is 0. The number of carboxylic acid groups (broad SMARTS) is 4. The third-order valence-electron chi connectivity index (χ3n) is 4.06. The lowest BCUT2D eigenvalue weighted by Crippen LogP contribution is -2.15. The maximum absolute atomic E-state index is 11.8. The molecule has 0 heterocycles. The van der Waals surface area contributed by atoms with Crippen LogP contribution in [-0.2, 0) is 0 Å². The van der Waals surface area contributed by atoms with Crippen LogP contribution in [0.1, 0.15) is 41.4 Å². The number of hydrogen-bond acceptors (Lipinski definition) is 4. The zero-order valence-electron chi connectivity index (χ0n) is 12.9. The van der Waals surface area contributed by atoms with Crippen molar-refractivity contribution < 1.29 is 39.6 Å². The van der Waals surface area contributed by atoms with Gasteiger partial charge in [0.2, 0.25) is 0 Å². The van der Waals surface area contributed by atoms with Crippen molar-refractivity contribution in [3.05, 3.63) is 58.7 Å². The number of fused-ring (bicyclic) bond motifs is 3. The van der Waals surface area contributed by atoms with Crippen molar-refractivity contribution in [2.24, 2.45) is 0 Å². The molecule has 0 aliphatic carbocycles. The number of rotatable bonds is 4. The summed E-state index contributed by atoms with van der Waals surface area (Å²) >= 11 is 0. The topological polar surface area (TPSA) is 149 Å². The summed E-state index contributed by atoms with van der Waals surface area (Å²) in [5.41, 5.74) is -2.74. The van der Waals surface area contributed by atoms with Gasteiger partial charge in [-0.15, -0.1) is 0 Å². The van der Waals surface area contributed by atoms with E-state index in [2.05, 4.69) is 0 Å². The Morgan fingerprint density at radius 3 is 1.58 bits per heavy atom. The van der Waals surface area contributed by atoms with Crippen molar-refractivity contribution in [1.82, 2.24) is 0 Å². The highest BCUT2D eigenvalue weighted by Crippen LogP contribution is 2.36. The molecule has 3 aromatic carbocycles. The summed E-state index contributed by atoms with van der Waals surface area (Å²) in [6.45, 7) is 0. The molecule has 3 aromatic rings. The molecule has 26 heavy (non-hydrogen) atoms. The van der Waals surface area contributed by atoms with E-state index >= 15 is 0 Å². The molecule has 0 amide bonds. The van der Waals surface area contributed by atoms with Crippen molar-refractivity contribution in [1.29, 1.82) is 0 Å². The summed E-state index contributed by atoms with van der Waals surface area (Å²) in [5, 5.41) is 38.1. The summed E-state index contributed by atoms with van der Waals surface area (Å²) in [7, 11) is 0. The van der Waals surface area contributed by atoms with Crippen LogP contribution in [0, 0.1) is 0 Å². The molecule has 3 rings (SSSR count). The molecular weight excluding hydrogens is 344 g/mol. The second kappa shape index (κ2) is 5.85. The van der Waals surface area contributed by atoms with E-state index in [0.29, 0.717) is 5.39 Å². The Balaban J connectivity index is 2.78. The standard InChI is InChI=1S/C18H10O8/c19-15(20)10-6-5-9-7-3-1-2-4-8(7)12(16(21)22)14(18(25)26)11(9)13(10)17(23)24/h1-6H,(H,19,20)(H,21,22)(H,23,24)(H,25,26). The van der Waals surface area contributed by atoms with E-state index in [1.807, 2.05) is 0 Å². The van der Waals surface area contributed by atoms with Crippen LogP contribution in [-0.4, -0.2) is 44.3 Å². The molecule has 0 saturated carbocycles. The maximum atomic E-state index is 11.8. The fourth-order valence-corrected chi connectivity index (χ4v) is 3.12. The first-order valence-corrected chi connectivity index (χ1v) is 7.20. The molecule has 0 bridgehead atoms. The summed E-state index contributed by atoms with van der Waals surface area (Å²) in [5.74, 6) is -6.45.